The molecule has 0 spiro atoms. The van der Waals surface area contributed by atoms with Crippen LogP contribution in [0.5, 0.6) is 0 Å². The summed E-state index contributed by atoms with van der Waals surface area (Å²) in [6.07, 6.45) is -0.813. The number of hydrogen-bond acceptors (Lipinski definition) is 1. The third kappa shape index (κ3) is 1.78. The van der Waals surface area contributed by atoms with Crippen LogP contribution in [-0.2, 0) is 0 Å². The van der Waals surface area contributed by atoms with E-state index in [1.807, 2.05) is 13.8 Å². The van der Waals surface area contributed by atoms with Crippen LogP contribution in [0.2, 0.25) is 0 Å². The molecule has 0 amide bonds. The highest BCUT2D eigenvalue weighted by molar-refractivity contribution is 4.74. The molecule has 1 atom stereocenters. The maximum Gasteiger partial charge on any atom is 0.104 e. The average Bonchev–Trinajstić information content (AvgIpc) is 1.67. The molecule has 1 nitrogen and oxygen atoms in total. The predicted octanol–water partition coefficient (Wildman–Crippen LogP) is 1.33. The van der Waals surface area contributed by atoms with Crippen LogP contribution in [0.3, 0.4) is 0 Å². The van der Waals surface area contributed by atoms with Crippen LogP contribution >= 0.6 is 0 Å². The van der Waals surface area contributed by atoms with Gasteiger partial charge in [-0.15, -0.1) is 0 Å². The summed E-state index contributed by atoms with van der Waals surface area (Å²) in [4.78, 5) is 0. The third-order valence-electron chi connectivity index (χ3n) is 1.60. The summed E-state index contributed by atoms with van der Waals surface area (Å²) in [5.74, 6) is 0. The maximum absolute atomic E-state index is 12.4. The first-order valence-electron chi connectivity index (χ1n) is 2.85. The molecule has 0 saturated heterocycles. The summed E-state index contributed by atoms with van der Waals surface area (Å²) in [6, 6.07) is 0. The largest absolute Gasteiger partial charge is 0.330 e. The zero-order valence-electron chi connectivity index (χ0n) is 5.74. The van der Waals surface area contributed by atoms with E-state index < -0.39 is 6.17 Å². The minimum Gasteiger partial charge on any atom is -0.330 e. The molecule has 2 N–H and O–H groups in total. The van der Waals surface area contributed by atoms with Crippen molar-refractivity contribution in [3.8, 4) is 0 Å². The van der Waals surface area contributed by atoms with E-state index in [1.54, 1.807) is 0 Å². The quantitative estimate of drug-likeness (QED) is 0.583. The van der Waals surface area contributed by atoms with Gasteiger partial charge in [-0.25, -0.2) is 4.39 Å². The molecule has 0 aromatic heterocycles. The smallest absolute Gasteiger partial charge is 0.104 e. The fraction of sp³-hybridized carbons (Fsp3) is 1.00. The molecule has 0 saturated carbocycles. The molecular weight excluding hydrogens is 105 g/mol. The van der Waals surface area contributed by atoms with E-state index in [9.17, 15) is 4.39 Å². The fourth-order valence-electron chi connectivity index (χ4n) is 0.162. The lowest BCUT2D eigenvalue weighted by atomic mass is 9.89. The van der Waals surface area contributed by atoms with Gasteiger partial charge in [0.15, 0.2) is 0 Å². The zero-order valence-corrected chi connectivity index (χ0v) is 5.74. The minimum atomic E-state index is -0.813. The minimum absolute atomic E-state index is 0.347. The van der Waals surface area contributed by atoms with Gasteiger partial charge in [0, 0.05) is 12.0 Å². The Balaban J connectivity index is 3.71. The molecule has 50 valence electrons. The monoisotopic (exact) mass is 119 g/mol. The number of rotatable bonds is 2. The van der Waals surface area contributed by atoms with Gasteiger partial charge < -0.3 is 5.73 Å². The van der Waals surface area contributed by atoms with E-state index in [-0.39, 0.29) is 5.41 Å². The van der Waals surface area contributed by atoms with Crippen LogP contribution in [0.25, 0.3) is 0 Å². The van der Waals surface area contributed by atoms with Gasteiger partial charge in [0.2, 0.25) is 0 Å². The first-order chi connectivity index (χ1) is 3.50. The Hall–Kier alpha value is -0.110. The van der Waals surface area contributed by atoms with Gasteiger partial charge in [-0.05, 0) is 6.92 Å². The van der Waals surface area contributed by atoms with Crippen LogP contribution < -0.4 is 5.73 Å². The number of halogens is 1. The van der Waals surface area contributed by atoms with Gasteiger partial charge in [-0.3, -0.25) is 0 Å². The van der Waals surface area contributed by atoms with Crippen molar-refractivity contribution >= 4 is 0 Å². The lowest BCUT2D eigenvalue weighted by Gasteiger charge is -2.23. The Labute approximate surface area is 50.1 Å². The lowest BCUT2D eigenvalue weighted by Crippen LogP contribution is -2.31. The average molecular weight is 119 g/mol. The van der Waals surface area contributed by atoms with Crippen LogP contribution in [0.4, 0.5) is 4.39 Å². The van der Waals surface area contributed by atoms with Gasteiger partial charge >= 0.3 is 0 Å². The van der Waals surface area contributed by atoms with Gasteiger partial charge in [0.25, 0.3) is 0 Å². The Morgan fingerprint density at radius 3 is 2.00 bits per heavy atom. The second-order valence-corrected chi connectivity index (χ2v) is 2.81. The van der Waals surface area contributed by atoms with E-state index in [4.69, 9.17) is 5.73 Å². The lowest BCUT2D eigenvalue weighted by molar-refractivity contribution is 0.169. The Kier molecular flexibility index (Phi) is 2.41. The van der Waals surface area contributed by atoms with Gasteiger partial charge in [0.1, 0.15) is 6.17 Å². The van der Waals surface area contributed by atoms with E-state index in [0.717, 1.165) is 0 Å². The molecular formula is C6H14FN. The standard InChI is InChI=1S/C6H14FN/c1-5(7)6(2,3)4-8/h5H,4,8H2,1-3H3. The third-order valence-corrected chi connectivity index (χ3v) is 1.60. The normalized spacial score (nSPS) is 16.1. The Bertz CT molecular complexity index is 68.9. The predicted molar refractivity (Wildman–Crippen MR) is 33.4 cm³/mol. The van der Waals surface area contributed by atoms with Crippen molar-refractivity contribution in [1.82, 2.24) is 0 Å². The van der Waals surface area contributed by atoms with E-state index in [1.165, 1.54) is 6.92 Å². The number of nitrogens with two attached hydrogens (primary N) is 1. The van der Waals surface area contributed by atoms with Crippen LogP contribution in [0.1, 0.15) is 20.8 Å². The van der Waals surface area contributed by atoms with Crippen molar-refractivity contribution in [1.29, 1.82) is 0 Å². The Morgan fingerprint density at radius 1 is 1.62 bits per heavy atom. The molecule has 0 aromatic carbocycles. The maximum atomic E-state index is 12.4. The topological polar surface area (TPSA) is 26.0 Å². The van der Waals surface area contributed by atoms with Crippen molar-refractivity contribution in [2.75, 3.05) is 6.54 Å². The van der Waals surface area contributed by atoms with Crippen LogP contribution in [-0.4, -0.2) is 12.7 Å². The highest BCUT2D eigenvalue weighted by Gasteiger charge is 2.22. The van der Waals surface area contributed by atoms with Crippen molar-refractivity contribution in [3.63, 3.8) is 0 Å². The second-order valence-electron chi connectivity index (χ2n) is 2.81. The number of hydrogen-bond donors (Lipinski definition) is 1. The van der Waals surface area contributed by atoms with Crippen molar-refractivity contribution in [2.24, 2.45) is 11.1 Å². The highest BCUT2D eigenvalue weighted by Crippen LogP contribution is 2.20. The van der Waals surface area contributed by atoms with E-state index >= 15 is 0 Å². The molecule has 0 aliphatic carbocycles. The molecule has 0 bridgehead atoms. The molecule has 0 aliphatic heterocycles. The molecule has 0 fully saturated rings. The summed E-state index contributed by atoms with van der Waals surface area (Å²) in [5, 5.41) is 0. The van der Waals surface area contributed by atoms with E-state index in [2.05, 4.69) is 0 Å². The zero-order chi connectivity index (χ0) is 6.78. The molecule has 0 radical (unpaired) electrons. The number of alkyl halides is 1. The molecule has 2 heteroatoms. The summed E-state index contributed by atoms with van der Waals surface area (Å²) in [6.45, 7) is 5.58. The van der Waals surface area contributed by atoms with Crippen LogP contribution in [0, 0.1) is 5.41 Å². The van der Waals surface area contributed by atoms with Crippen molar-refractivity contribution in [3.05, 3.63) is 0 Å². The Morgan fingerprint density at radius 2 is 2.00 bits per heavy atom. The second kappa shape index (κ2) is 2.44. The molecule has 0 heterocycles. The first kappa shape index (κ1) is 7.89. The fourth-order valence-corrected chi connectivity index (χ4v) is 0.162. The molecule has 0 aromatic rings. The van der Waals surface area contributed by atoms with Gasteiger partial charge in [0.05, 0.1) is 0 Å². The SMILES string of the molecule is CC(F)C(C)(C)CN. The first-order valence-corrected chi connectivity index (χ1v) is 2.85. The highest BCUT2D eigenvalue weighted by atomic mass is 19.1. The summed E-state index contributed by atoms with van der Waals surface area (Å²) in [7, 11) is 0. The summed E-state index contributed by atoms with van der Waals surface area (Å²) >= 11 is 0. The van der Waals surface area contributed by atoms with Crippen molar-refractivity contribution < 1.29 is 4.39 Å². The van der Waals surface area contributed by atoms with Gasteiger partial charge in [-0.2, -0.15) is 0 Å². The van der Waals surface area contributed by atoms with Crippen molar-refractivity contribution in [2.45, 2.75) is 26.9 Å². The molecule has 1 unspecified atom stereocenters. The summed E-state index contributed by atoms with van der Waals surface area (Å²) in [5.41, 5.74) is 4.92. The molecule has 0 rings (SSSR count). The van der Waals surface area contributed by atoms with Gasteiger partial charge in [-0.1, -0.05) is 13.8 Å². The summed E-state index contributed by atoms with van der Waals surface area (Å²) < 4.78 is 12.4. The molecule has 0 aliphatic rings. The molecule has 8 heavy (non-hydrogen) atoms. The van der Waals surface area contributed by atoms with E-state index in [0.29, 0.717) is 6.54 Å². The van der Waals surface area contributed by atoms with Crippen LogP contribution in [0.15, 0.2) is 0 Å².